The second-order valence-electron chi connectivity index (χ2n) is 5.57. The van der Waals surface area contributed by atoms with Gasteiger partial charge in [0.1, 0.15) is 0 Å². The summed E-state index contributed by atoms with van der Waals surface area (Å²) >= 11 is 0. The molecule has 3 rings (SSSR count). The van der Waals surface area contributed by atoms with E-state index >= 15 is 0 Å². The number of urea groups is 1. The summed E-state index contributed by atoms with van der Waals surface area (Å²) in [5, 5.41) is 0. The molecule has 0 atom stereocenters. The Morgan fingerprint density at radius 2 is 1.84 bits per heavy atom. The van der Waals surface area contributed by atoms with Crippen LogP contribution in [0.1, 0.15) is 21.5 Å². The normalized spacial score (nSPS) is 14.9. The highest BCUT2D eigenvalue weighted by Crippen LogP contribution is 2.32. The summed E-state index contributed by atoms with van der Waals surface area (Å²) in [6.45, 7) is 0.598. The standard InChI is InChI=1S/C17H14F3N3O2/c18-17(19,20)14-6-7-21-10-13(14)15(24)23-9-8-22(16(23)25)11-12-4-2-1-3-5-12/h1-7,10H,8-9,11H2. The van der Waals surface area contributed by atoms with Crippen LogP contribution in [0.5, 0.6) is 0 Å². The van der Waals surface area contributed by atoms with Crippen LogP contribution in [0.25, 0.3) is 0 Å². The topological polar surface area (TPSA) is 53.5 Å². The molecule has 0 radical (unpaired) electrons. The average Bonchev–Trinajstić information content (AvgIpc) is 2.95. The van der Waals surface area contributed by atoms with E-state index in [9.17, 15) is 22.8 Å². The highest BCUT2D eigenvalue weighted by molar-refractivity contribution is 6.05. The third-order valence-electron chi connectivity index (χ3n) is 3.91. The van der Waals surface area contributed by atoms with Gasteiger partial charge in [-0.2, -0.15) is 13.2 Å². The van der Waals surface area contributed by atoms with Crippen molar-refractivity contribution in [3.63, 3.8) is 0 Å². The van der Waals surface area contributed by atoms with E-state index < -0.39 is 29.2 Å². The van der Waals surface area contributed by atoms with Crippen LogP contribution in [-0.4, -0.2) is 39.8 Å². The second kappa shape index (κ2) is 6.54. The summed E-state index contributed by atoms with van der Waals surface area (Å²) in [6, 6.07) is 9.28. The Morgan fingerprint density at radius 1 is 1.12 bits per heavy atom. The van der Waals surface area contributed by atoms with Crippen molar-refractivity contribution in [2.24, 2.45) is 0 Å². The zero-order valence-electron chi connectivity index (χ0n) is 13.0. The number of imide groups is 1. The number of benzene rings is 1. The molecule has 2 heterocycles. The number of halogens is 3. The molecule has 1 aromatic heterocycles. The summed E-state index contributed by atoms with van der Waals surface area (Å²) in [6.07, 6.45) is -2.88. The maximum atomic E-state index is 13.1. The van der Waals surface area contributed by atoms with E-state index in [-0.39, 0.29) is 13.1 Å². The highest BCUT2D eigenvalue weighted by atomic mass is 19.4. The number of hydrogen-bond donors (Lipinski definition) is 0. The number of alkyl halides is 3. The minimum atomic E-state index is -4.69. The van der Waals surface area contributed by atoms with Crippen LogP contribution in [0.2, 0.25) is 0 Å². The minimum Gasteiger partial charge on any atom is -0.318 e. The molecule has 130 valence electrons. The van der Waals surface area contributed by atoms with Gasteiger partial charge in [-0.15, -0.1) is 0 Å². The van der Waals surface area contributed by atoms with E-state index in [0.717, 1.165) is 28.9 Å². The number of hydrogen-bond acceptors (Lipinski definition) is 3. The number of carbonyl (C=O) groups is 2. The van der Waals surface area contributed by atoms with Gasteiger partial charge in [-0.05, 0) is 11.6 Å². The first-order valence-electron chi connectivity index (χ1n) is 7.54. The molecule has 1 fully saturated rings. The Labute approximate surface area is 141 Å². The molecular formula is C17H14F3N3O2. The van der Waals surface area contributed by atoms with Crippen molar-refractivity contribution in [2.45, 2.75) is 12.7 Å². The quantitative estimate of drug-likeness (QED) is 0.855. The molecule has 3 amide bonds. The van der Waals surface area contributed by atoms with E-state index in [1.54, 1.807) is 0 Å². The maximum Gasteiger partial charge on any atom is 0.417 e. The van der Waals surface area contributed by atoms with Gasteiger partial charge in [0.2, 0.25) is 0 Å². The van der Waals surface area contributed by atoms with Crippen LogP contribution in [0.3, 0.4) is 0 Å². The van der Waals surface area contributed by atoms with Crippen molar-refractivity contribution in [3.05, 3.63) is 65.5 Å². The Kier molecular flexibility index (Phi) is 4.43. The minimum absolute atomic E-state index is 0.0384. The Balaban J connectivity index is 1.80. The second-order valence-corrected chi connectivity index (χ2v) is 5.57. The molecule has 2 aromatic rings. The molecule has 0 spiro atoms. The number of rotatable bonds is 3. The molecule has 0 unspecified atom stereocenters. The molecule has 25 heavy (non-hydrogen) atoms. The summed E-state index contributed by atoms with van der Waals surface area (Å²) in [5.74, 6) is -0.985. The molecule has 5 nitrogen and oxygen atoms in total. The first-order chi connectivity index (χ1) is 11.9. The monoisotopic (exact) mass is 349 g/mol. The van der Waals surface area contributed by atoms with Gasteiger partial charge in [0.15, 0.2) is 0 Å². The van der Waals surface area contributed by atoms with Gasteiger partial charge in [-0.25, -0.2) is 4.79 Å². The van der Waals surface area contributed by atoms with Gasteiger partial charge >= 0.3 is 12.2 Å². The first-order valence-corrected chi connectivity index (χ1v) is 7.54. The summed E-state index contributed by atoms with van der Waals surface area (Å²) < 4.78 is 39.2. The van der Waals surface area contributed by atoms with Gasteiger partial charge in [0.25, 0.3) is 5.91 Å². The molecule has 1 aromatic carbocycles. The van der Waals surface area contributed by atoms with E-state index in [0.29, 0.717) is 6.54 Å². The molecule has 8 heteroatoms. The van der Waals surface area contributed by atoms with Crippen molar-refractivity contribution in [3.8, 4) is 0 Å². The Morgan fingerprint density at radius 3 is 2.52 bits per heavy atom. The fraction of sp³-hybridized carbons (Fsp3) is 0.235. The lowest BCUT2D eigenvalue weighted by molar-refractivity contribution is -0.138. The third-order valence-corrected chi connectivity index (χ3v) is 3.91. The number of nitrogens with zero attached hydrogens (tertiary/aromatic N) is 3. The SMILES string of the molecule is O=C(c1cnccc1C(F)(F)F)N1CCN(Cc2ccccc2)C1=O. The van der Waals surface area contributed by atoms with Crippen molar-refractivity contribution in [1.29, 1.82) is 0 Å². The lowest BCUT2D eigenvalue weighted by atomic mass is 10.1. The lowest BCUT2D eigenvalue weighted by Gasteiger charge is -2.19. The van der Waals surface area contributed by atoms with Gasteiger partial charge in [0.05, 0.1) is 11.1 Å². The smallest absolute Gasteiger partial charge is 0.318 e. The fourth-order valence-corrected chi connectivity index (χ4v) is 2.68. The number of amides is 3. The Hall–Kier alpha value is -2.90. The van der Waals surface area contributed by atoms with Crippen LogP contribution < -0.4 is 0 Å². The molecule has 1 saturated heterocycles. The summed E-state index contributed by atoms with van der Waals surface area (Å²) in [5.41, 5.74) is -0.839. The van der Waals surface area contributed by atoms with Crippen molar-refractivity contribution >= 4 is 11.9 Å². The third kappa shape index (κ3) is 3.47. The Bertz CT molecular complexity index is 793. The van der Waals surface area contributed by atoms with Crippen LogP contribution >= 0.6 is 0 Å². The first kappa shape index (κ1) is 16.9. The van der Waals surface area contributed by atoms with E-state index in [1.807, 2.05) is 30.3 Å². The van der Waals surface area contributed by atoms with Crippen molar-refractivity contribution in [1.82, 2.24) is 14.8 Å². The summed E-state index contributed by atoms with van der Waals surface area (Å²) in [7, 11) is 0. The van der Waals surface area contributed by atoms with E-state index in [2.05, 4.69) is 4.98 Å². The zero-order chi connectivity index (χ0) is 18.0. The molecule has 0 N–H and O–H groups in total. The van der Waals surface area contributed by atoms with Crippen LogP contribution in [0.4, 0.5) is 18.0 Å². The van der Waals surface area contributed by atoms with Crippen molar-refractivity contribution < 1.29 is 22.8 Å². The fourth-order valence-electron chi connectivity index (χ4n) is 2.68. The lowest BCUT2D eigenvalue weighted by Crippen LogP contribution is -2.37. The van der Waals surface area contributed by atoms with Crippen LogP contribution in [0, 0.1) is 0 Å². The van der Waals surface area contributed by atoms with Gasteiger partial charge in [0, 0.05) is 32.0 Å². The van der Waals surface area contributed by atoms with E-state index in [1.165, 1.54) is 4.90 Å². The predicted molar refractivity (Wildman–Crippen MR) is 82.5 cm³/mol. The van der Waals surface area contributed by atoms with Crippen LogP contribution in [0.15, 0.2) is 48.8 Å². The van der Waals surface area contributed by atoms with Gasteiger partial charge in [-0.1, -0.05) is 30.3 Å². The van der Waals surface area contributed by atoms with Gasteiger partial charge < -0.3 is 4.90 Å². The molecule has 1 aliphatic rings. The highest BCUT2D eigenvalue weighted by Gasteiger charge is 2.39. The number of aromatic nitrogens is 1. The molecule has 1 aliphatic heterocycles. The average molecular weight is 349 g/mol. The summed E-state index contributed by atoms with van der Waals surface area (Å²) in [4.78, 5) is 30.7. The van der Waals surface area contributed by atoms with Crippen molar-refractivity contribution in [2.75, 3.05) is 13.1 Å². The number of carbonyl (C=O) groups excluding carboxylic acids is 2. The number of pyridine rings is 1. The molecule has 0 bridgehead atoms. The molecular weight excluding hydrogens is 335 g/mol. The zero-order valence-corrected chi connectivity index (χ0v) is 13.0. The molecule has 0 saturated carbocycles. The predicted octanol–water partition coefficient (Wildman–Crippen LogP) is 3.18. The maximum absolute atomic E-state index is 13.1. The van der Waals surface area contributed by atoms with Crippen LogP contribution in [-0.2, 0) is 12.7 Å². The largest absolute Gasteiger partial charge is 0.417 e. The van der Waals surface area contributed by atoms with E-state index in [4.69, 9.17) is 0 Å². The molecule has 0 aliphatic carbocycles. The van der Waals surface area contributed by atoms with Gasteiger partial charge in [-0.3, -0.25) is 14.7 Å².